The lowest BCUT2D eigenvalue weighted by Gasteiger charge is -2.22. The van der Waals surface area contributed by atoms with Crippen molar-refractivity contribution in [2.24, 2.45) is 0 Å². The predicted octanol–water partition coefficient (Wildman–Crippen LogP) is 4.64. The number of hydrogen-bond acceptors (Lipinski definition) is 4. The maximum atomic E-state index is 9.31. The molecule has 2 aromatic heterocycles. The third-order valence-corrected chi connectivity index (χ3v) is 5.09. The molecule has 3 nitrogen and oxygen atoms in total. The zero-order chi connectivity index (χ0) is 13.8. The van der Waals surface area contributed by atoms with Crippen LogP contribution >= 0.6 is 11.8 Å². The summed E-state index contributed by atoms with van der Waals surface area (Å²) in [5, 5.41) is 9.90. The number of rotatable bonds is 3. The smallest absolute Gasteiger partial charge is 0.154 e. The Morgan fingerprint density at radius 1 is 1.25 bits per heavy atom. The molecule has 0 atom stereocenters. The van der Waals surface area contributed by atoms with Crippen molar-refractivity contribution < 1.29 is 4.42 Å². The van der Waals surface area contributed by atoms with Crippen molar-refractivity contribution in [2.45, 2.75) is 42.2 Å². The fourth-order valence-corrected chi connectivity index (χ4v) is 4.03. The Morgan fingerprint density at radius 2 is 2.10 bits per heavy atom. The van der Waals surface area contributed by atoms with Gasteiger partial charge in [-0.2, -0.15) is 5.26 Å². The minimum absolute atomic E-state index is 0.509. The van der Waals surface area contributed by atoms with Gasteiger partial charge in [0.1, 0.15) is 11.8 Å². The second kappa shape index (κ2) is 6.15. The normalized spacial score (nSPS) is 15.9. The summed E-state index contributed by atoms with van der Waals surface area (Å²) in [6.45, 7) is 0. The molecule has 4 heteroatoms. The molecule has 2 heterocycles. The van der Waals surface area contributed by atoms with Gasteiger partial charge >= 0.3 is 0 Å². The Morgan fingerprint density at radius 3 is 2.80 bits per heavy atom. The molecule has 20 heavy (non-hydrogen) atoms. The SMILES string of the molecule is N#Cc1nccc(-c2ccco2)c1SC1CCCCC1. The second-order valence-electron chi connectivity index (χ2n) is 5.00. The lowest BCUT2D eigenvalue weighted by atomic mass is 10.0. The van der Waals surface area contributed by atoms with E-state index in [9.17, 15) is 5.26 Å². The van der Waals surface area contributed by atoms with Crippen LogP contribution in [0.5, 0.6) is 0 Å². The fraction of sp³-hybridized carbons (Fsp3) is 0.375. The Labute approximate surface area is 123 Å². The van der Waals surface area contributed by atoms with Crippen molar-refractivity contribution in [3.05, 3.63) is 36.4 Å². The topological polar surface area (TPSA) is 49.8 Å². The Balaban J connectivity index is 1.96. The number of furan rings is 1. The minimum atomic E-state index is 0.509. The highest BCUT2D eigenvalue weighted by atomic mass is 32.2. The maximum Gasteiger partial charge on any atom is 0.154 e. The van der Waals surface area contributed by atoms with E-state index in [4.69, 9.17) is 4.42 Å². The van der Waals surface area contributed by atoms with Crippen molar-refractivity contribution >= 4 is 11.8 Å². The molecular weight excluding hydrogens is 268 g/mol. The number of nitrogens with zero attached hydrogens (tertiary/aromatic N) is 2. The highest BCUT2D eigenvalue weighted by molar-refractivity contribution is 8.00. The molecule has 0 bridgehead atoms. The molecule has 2 aromatic rings. The van der Waals surface area contributed by atoms with Crippen molar-refractivity contribution in [3.8, 4) is 17.4 Å². The average molecular weight is 284 g/mol. The van der Waals surface area contributed by atoms with Crippen LogP contribution in [0.25, 0.3) is 11.3 Å². The average Bonchev–Trinajstić information content (AvgIpc) is 3.02. The van der Waals surface area contributed by atoms with Gasteiger partial charge in [-0.15, -0.1) is 11.8 Å². The molecule has 0 unspecified atom stereocenters. The molecule has 0 saturated heterocycles. The summed E-state index contributed by atoms with van der Waals surface area (Å²) in [4.78, 5) is 5.18. The molecule has 0 aromatic carbocycles. The molecule has 0 radical (unpaired) electrons. The van der Waals surface area contributed by atoms with Gasteiger partial charge in [-0.25, -0.2) is 4.98 Å². The molecule has 1 aliphatic rings. The van der Waals surface area contributed by atoms with Gasteiger partial charge in [0.15, 0.2) is 5.69 Å². The van der Waals surface area contributed by atoms with Gasteiger partial charge in [0.25, 0.3) is 0 Å². The van der Waals surface area contributed by atoms with Crippen LogP contribution in [-0.2, 0) is 0 Å². The molecule has 0 aliphatic heterocycles. The van der Waals surface area contributed by atoms with Gasteiger partial charge in [-0.3, -0.25) is 0 Å². The summed E-state index contributed by atoms with van der Waals surface area (Å²) in [6.07, 6.45) is 9.70. The zero-order valence-corrected chi connectivity index (χ0v) is 12.0. The van der Waals surface area contributed by atoms with E-state index in [1.165, 1.54) is 32.1 Å². The van der Waals surface area contributed by atoms with Gasteiger partial charge in [0, 0.05) is 17.0 Å². The third kappa shape index (κ3) is 2.73. The standard InChI is InChI=1S/C16H16N2OS/c17-11-14-16(20-12-5-2-1-3-6-12)13(8-9-18-14)15-7-4-10-19-15/h4,7-10,12H,1-3,5-6H2. The lowest BCUT2D eigenvalue weighted by molar-refractivity contribution is 0.516. The molecular formula is C16H16N2OS. The number of pyridine rings is 1. The van der Waals surface area contributed by atoms with Crippen molar-refractivity contribution in [1.29, 1.82) is 5.26 Å². The van der Waals surface area contributed by atoms with Gasteiger partial charge in [-0.1, -0.05) is 19.3 Å². The van der Waals surface area contributed by atoms with Crippen LogP contribution in [0.4, 0.5) is 0 Å². The van der Waals surface area contributed by atoms with Crippen LogP contribution in [0, 0.1) is 11.3 Å². The fourth-order valence-electron chi connectivity index (χ4n) is 2.62. The largest absolute Gasteiger partial charge is 0.464 e. The maximum absolute atomic E-state index is 9.31. The first-order valence-corrected chi connectivity index (χ1v) is 7.86. The summed E-state index contributed by atoms with van der Waals surface area (Å²) in [5.74, 6) is 0.808. The number of thioether (sulfide) groups is 1. The number of aromatic nitrogens is 1. The molecule has 3 rings (SSSR count). The summed E-state index contributed by atoms with van der Waals surface area (Å²) in [5.41, 5.74) is 1.49. The Hall–Kier alpha value is -1.73. The number of nitriles is 1. The molecule has 1 saturated carbocycles. The first-order chi connectivity index (χ1) is 9.88. The first kappa shape index (κ1) is 13.3. The van der Waals surface area contributed by atoms with Crippen LogP contribution in [0.1, 0.15) is 37.8 Å². The highest BCUT2D eigenvalue weighted by Gasteiger charge is 2.20. The second-order valence-corrected chi connectivity index (χ2v) is 6.31. The van der Waals surface area contributed by atoms with E-state index in [1.54, 1.807) is 24.2 Å². The van der Waals surface area contributed by atoms with Crippen molar-refractivity contribution in [2.75, 3.05) is 0 Å². The Kier molecular flexibility index (Phi) is 4.08. The van der Waals surface area contributed by atoms with E-state index in [1.807, 2.05) is 18.2 Å². The predicted molar refractivity (Wildman–Crippen MR) is 79.4 cm³/mol. The third-order valence-electron chi connectivity index (χ3n) is 3.63. The molecule has 1 aliphatic carbocycles. The summed E-state index contributed by atoms with van der Waals surface area (Å²) in [6, 6.07) is 7.95. The molecule has 102 valence electrons. The van der Waals surface area contributed by atoms with E-state index in [-0.39, 0.29) is 0 Å². The zero-order valence-electron chi connectivity index (χ0n) is 11.2. The molecule has 0 spiro atoms. The van der Waals surface area contributed by atoms with E-state index >= 15 is 0 Å². The minimum Gasteiger partial charge on any atom is -0.464 e. The van der Waals surface area contributed by atoms with E-state index in [2.05, 4.69) is 11.1 Å². The van der Waals surface area contributed by atoms with Crippen LogP contribution in [-0.4, -0.2) is 10.2 Å². The van der Waals surface area contributed by atoms with Crippen LogP contribution in [0.3, 0.4) is 0 Å². The number of hydrogen-bond donors (Lipinski definition) is 0. The molecule has 0 amide bonds. The Bertz CT molecular complexity index is 610. The van der Waals surface area contributed by atoms with E-state index < -0.39 is 0 Å². The van der Waals surface area contributed by atoms with Crippen LogP contribution < -0.4 is 0 Å². The summed E-state index contributed by atoms with van der Waals surface area (Å²) < 4.78 is 5.50. The molecule has 0 N–H and O–H groups in total. The summed E-state index contributed by atoms with van der Waals surface area (Å²) >= 11 is 1.80. The summed E-state index contributed by atoms with van der Waals surface area (Å²) in [7, 11) is 0. The quantitative estimate of drug-likeness (QED) is 0.824. The van der Waals surface area contributed by atoms with Crippen LogP contribution in [0.15, 0.2) is 40.0 Å². The van der Waals surface area contributed by atoms with E-state index in [0.717, 1.165) is 16.2 Å². The monoisotopic (exact) mass is 284 g/mol. The van der Waals surface area contributed by atoms with Gasteiger partial charge < -0.3 is 4.42 Å². The van der Waals surface area contributed by atoms with Gasteiger partial charge in [0.05, 0.1) is 11.2 Å². The van der Waals surface area contributed by atoms with Crippen molar-refractivity contribution in [1.82, 2.24) is 4.98 Å². The first-order valence-electron chi connectivity index (χ1n) is 6.98. The van der Waals surface area contributed by atoms with Crippen molar-refractivity contribution in [3.63, 3.8) is 0 Å². The van der Waals surface area contributed by atoms with Crippen LogP contribution in [0.2, 0.25) is 0 Å². The van der Waals surface area contributed by atoms with Gasteiger partial charge in [-0.05, 0) is 31.0 Å². The lowest BCUT2D eigenvalue weighted by Crippen LogP contribution is -2.08. The highest BCUT2D eigenvalue weighted by Crippen LogP contribution is 2.40. The van der Waals surface area contributed by atoms with E-state index in [0.29, 0.717) is 10.9 Å². The molecule has 1 fully saturated rings. The van der Waals surface area contributed by atoms with Gasteiger partial charge in [0.2, 0.25) is 0 Å².